The molecule has 1 saturated carbocycles. The van der Waals surface area contributed by atoms with Gasteiger partial charge < -0.3 is 15.4 Å². The monoisotopic (exact) mass is 373 g/mol. The molecule has 0 saturated heterocycles. The van der Waals surface area contributed by atoms with Crippen LogP contribution in [-0.2, 0) is 9.53 Å². The maximum atomic E-state index is 12.6. The number of thioether (sulfide) groups is 1. The Balaban J connectivity index is 1.73. The first-order valence-electron chi connectivity index (χ1n) is 8.68. The second kappa shape index (κ2) is 8.51. The number of methoxy groups -OCH3 is 1. The molecule has 3 rings (SSSR count). The van der Waals surface area contributed by atoms with E-state index in [2.05, 4.69) is 15.6 Å². The number of fused-ring (bicyclic) bond motifs is 1. The van der Waals surface area contributed by atoms with Gasteiger partial charge in [0.15, 0.2) is 0 Å². The molecule has 7 heteroatoms. The van der Waals surface area contributed by atoms with Gasteiger partial charge in [-0.1, -0.05) is 30.0 Å². The molecule has 1 aliphatic carbocycles. The standard InChI is InChI=1S/C19H23N3O3S/c1-12(10-25-2)20-17(23)11-26-18-9-15(19(24)21-13-7-8-13)14-5-3-4-6-16(14)22-18/h3-6,9,12-13H,7-8,10-11H2,1-2H3,(H,20,23)(H,21,24)/t12-/m0/s1. The summed E-state index contributed by atoms with van der Waals surface area (Å²) in [6.45, 7) is 2.36. The van der Waals surface area contributed by atoms with Crippen molar-refractivity contribution in [2.45, 2.75) is 36.9 Å². The van der Waals surface area contributed by atoms with Crippen LogP contribution in [-0.4, -0.2) is 48.4 Å². The van der Waals surface area contributed by atoms with Gasteiger partial charge >= 0.3 is 0 Å². The fourth-order valence-corrected chi connectivity index (χ4v) is 3.38. The summed E-state index contributed by atoms with van der Waals surface area (Å²) < 4.78 is 5.02. The lowest BCUT2D eigenvalue weighted by Crippen LogP contribution is -2.36. The second-order valence-corrected chi connectivity index (χ2v) is 7.48. The number of hydrogen-bond acceptors (Lipinski definition) is 5. The third-order valence-electron chi connectivity index (χ3n) is 4.03. The van der Waals surface area contributed by atoms with Gasteiger partial charge in [-0.2, -0.15) is 0 Å². The Labute approximate surface area is 157 Å². The van der Waals surface area contributed by atoms with Crippen LogP contribution in [0.2, 0.25) is 0 Å². The molecule has 1 aromatic carbocycles. The summed E-state index contributed by atoms with van der Waals surface area (Å²) in [4.78, 5) is 29.2. The van der Waals surface area contributed by atoms with Gasteiger partial charge in [0.05, 0.1) is 28.5 Å². The fraction of sp³-hybridized carbons (Fsp3) is 0.421. The number of carbonyl (C=O) groups is 2. The van der Waals surface area contributed by atoms with Crippen molar-refractivity contribution in [2.24, 2.45) is 0 Å². The summed E-state index contributed by atoms with van der Waals surface area (Å²) in [7, 11) is 1.60. The Bertz CT molecular complexity index is 808. The summed E-state index contributed by atoms with van der Waals surface area (Å²) in [6, 6.07) is 9.60. The Morgan fingerprint density at radius 3 is 2.85 bits per heavy atom. The van der Waals surface area contributed by atoms with E-state index in [0.717, 1.165) is 23.7 Å². The number of pyridine rings is 1. The zero-order chi connectivity index (χ0) is 18.5. The van der Waals surface area contributed by atoms with E-state index in [-0.39, 0.29) is 23.6 Å². The van der Waals surface area contributed by atoms with E-state index in [4.69, 9.17) is 4.74 Å². The molecule has 2 N–H and O–H groups in total. The summed E-state index contributed by atoms with van der Waals surface area (Å²) in [6.07, 6.45) is 2.08. The highest BCUT2D eigenvalue weighted by molar-refractivity contribution is 7.99. The minimum absolute atomic E-state index is 0.0439. The molecular formula is C19H23N3O3S. The Morgan fingerprint density at radius 2 is 2.12 bits per heavy atom. The van der Waals surface area contributed by atoms with E-state index in [1.165, 1.54) is 11.8 Å². The first-order valence-corrected chi connectivity index (χ1v) is 9.67. The molecule has 0 aliphatic heterocycles. The smallest absolute Gasteiger partial charge is 0.252 e. The Morgan fingerprint density at radius 1 is 1.35 bits per heavy atom. The van der Waals surface area contributed by atoms with Gasteiger partial charge in [-0.15, -0.1) is 0 Å². The van der Waals surface area contributed by atoms with E-state index in [9.17, 15) is 9.59 Å². The first kappa shape index (κ1) is 18.7. The number of rotatable bonds is 8. The normalized spacial score (nSPS) is 14.8. The third-order valence-corrected chi connectivity index (χ3v) is 4.94. The predicted molar refractivity (Wildman–Crippen MR) is 102 cm³/mol. The second-order valence-electron chi connectivity index (χ2n) is 6.49. The fourth-order valence-electron chi connectivity index (χ4n) is 2.65. The van der Waals surface area contributed by atoms with Crippen LogP contribution >= 0.6 is 11.8 Å². The van der Waals surface area contributed by atoms with E-state index >= 15 is 0 Å². The highest BCUT2D eigenvalue weighted by Gasteiger charge is 2.25. The average molecular weight is 373 g/mol. The molecule has 0 spiro atoms. The molecule has 1 fully saturated rings. The van der Waals surface area contributed by atoms with Crippen LogP contribution in [0.4, 0.5) is 0 Å². The first-order chi connectivity index (χ1) is 12.6. The number of hydrogen-bond donors (Lipinski definition) is 2. The molecule has 0 bridgehead atoms. The molecule has 6 nitrogen and oxygen atoms in total. The third kappa shape index (κ3) is 4.95. The van der Waals surface area contributed by atoms with Crippen molar-refractivity contribution in [1.82, 2.24) is 15.6 Å². The van der Waals surface area contributed by atoms with Crippen LogP contribution < -0.4 is 10.6 Å². The number of benzene rings is 1. The number of ether oxygens (including phenoxy) is 1. The van der Waals surface area contributed by atoms with Crippen molar-refractivity contribution in [3.8, 4) is 0 Å². The van der Waals surface area contributed by atoms with E-state index in [1.54, 1.807) is 13.2 Å². The molecule has 1 aliphatic rings. The molecule has 138 valence electrons. The van der Waals surface area contributed by atoms with Gasteiger partial charge in [-0.25, -0.2) is 4.98 Å². The van der Waals surface area contributed by atoms with E-state index < -0.39 is 0 Å². The van der Waals surface area contributed by atoms with Crippen LogP contribution in [0.25, 0.3) is 10.9 Å². The predicted octanol–water partition coefficient (Wildman–Crippen LogP) is 2.37. The van der Waals surface area contributed by atoms with Gasteiger partial charge in [-0.05, 0) is 31.9 Å². The van der Waals surface area contributed by atoms with Crippen molar-refractivity contribution in [2.75, 3.05) is 19.5 Å². The van der Waals surface area contributed by atoms with Gasteiger partial charge in [0.2, 0.25) is 5.91 Å². The van der Waals surface area contributed by atoms with Gasteiger partial charge in [-0.3, -0.25) is 9.59 Å². The van der Waals surface area contributed by atoms with Crippen molar-refractivity contribution in [3.63, 3.8) is 0 Å². The van der Waals surface area contributed by atoms with Crippen molar-refractivity contribution < 1.29 is 14.3 Å². The van der Waals surface area contributed by atoms with E-state index in [0.29, 0.717) is 23.2 Å². The molecule has 1 heterocycles. The lowest BCUT2D eigenvalue weighted by Gasteiger charge is -2.13. The highest BCUT2D eigenvalue weighted by atomic mass is 32.2. The number of nitrogens with one attached hydrogen (secondary N) is 2. The molecule has 2 amide bonds. The lowest BCUT2D eigenvalue weighted by atomic mass is 10.1. The molecule has 26 heavy (non-hydrogen) atoms. The molecule has 1 aromatic heterocycles. The zero-order valence-electron chi connectivity index (χ0n) is 15.0. The highest BCUT2D eigenvalue weighted by Crippen LogP contribution is 2.26. The maximum Gasteiger partial charge on any atom is 0.252 e. The zero-order valence-corrected chi connectivity index (χ0v) is 15.8. The minimum Gasteiger partial charge on any atom is -0.383 e. The number of carbonyl (C=O) groups excluding carboxylic acids is 2. The SMILES string of the molecule is COC[C@H](C)NC(=O)CSc1cc(C(=O)NC2CC2)c2ccccc2n1. The maximum absolute atomic E-state index is 12.6. The van der Waals surface area contributed by atoms with Crippen LogP contribution in [0.1, 0.15) is 30.1 Å². The summed E-state index contributed by atoms with van der Waals surface area (Å²) in [5.74, 6) is 0.0768. The minimum atomic E-state index is -0.0847. The molecule has 0 radical (unpaired) electrons. The van der Waals surface area contributed by atoms with Crippen LogP contribution in [0.15, 0.2) is 35.4 Å². The van der Waals surface area contributed by atoms with Crippen molar-refractivity contribution in [1.29, 1.82) is 0 Å². The summed E-state index contributed by atoms with van der Waals surface area (Å²) in [5, 5.41) is 7.39. The lowest BCUT2D eigenvalue weighted by molar-refractivity contribution is -0.119. The molecule has 0 unspecified atom stereocenters. The quantitative estimate of drug-likeness (QED) is 0.695. The van der Waals surface area contributed by atoms with Gasteiger partial charge in [0.25, 0.3) is 5.91 Å². The van der Waals surface area contributed by atoms with Crippen molar-refractivity contribution >= 4 is 34.5 Å². The summed E-state index contributed by atoms with van der Waals surface area (Å²) in [5.41, 5.74) is 1.37. The molecule has 1 atom stereocenters. The Kier molecular flexibility index (Phi) is 6.11. The van der Waals surface area contributed by atoms with Crippen LogP contribution in [0.3, 0.4) is 0 Å². The molecular weight excluding hydrogens is 350 g/mol. The number of para-hydroxylation sites is 1. The number of aromatic nitrogens is 1. The number of nitrogens with zero attached hydrogens (tertiary/aromatic N) is 1. The largest absolute Gasteiger partial charge is 0.383 e. The molecule has 2 aromatic rings. The topological polar surface area (TPSA) is 80.3 Å². The summed E-state index contributed by atoms with van der Waals surface area (Å²) >= 11 is 1.33. The average Bonchev–Trinajstić information content (AvgIpc) is 3.43. The van der Waals surface area contributed by atoms with Crippen LogP contribution in [0.5, 0.6) is 0 Å². The van der Waals surface area contributed by atoms with Crippen LogP contribution in [0, 0.1) is 0 Å². The van der Waals surface area contributed by atoms with E-state index in [1.807, 2.05) is 31.2 Å². The number of amides is 2. The van der Waals surface area contributed by atoms with Gasteiger partial charge in [0, 0.05) is 24.6 Å². The van der Waals surface area contributed by atoms with Crippen molar-refractivity contribution in [3.05, 3.63) is 35.9 Å². The van der Waals surface area contributed by atoms with Gasteiger partial charge in [0.1, 0.15) is 0 Å². The Hall–Kier alpha value is -2.12.